The number of fused-ring (bicyclic) bond motifs is 1. The molecule has 1 unspecified atom stereocenters. The Hall–Kier alpha value is -3.15. The zero-order valence-corrected chi connectivity index (χ0v) is 14.8. The SMILES string of the molecule is COC(=O)CC1CC(C(=O)O)(C(=O)O)Cc2ccc(-c3ccccc3)cc21. The molecule has 27 heavy (non-hydrogen) atoms. The first kappa shape index (κ1) is 18.6. The number of benzene rings is 2. The normalized spacial score (nSPS) is 17.6. The zero-order chi connectivity index (χ0) is 19.6. The number of methoxy groups -OCH3 is 1. The standard InChI is InChI=1S/C21H20O6/c1-27-18(22)10-16-12-21(19(23)24,20(25)26)11-15-8-7-14(9-17(15)16)13-5-3-2-4-6-13/h2-9,16H,10-12H2,1H3,(H,23,24)(H,25,26). The lowest BCUT2D eigenvalue weighted by molar-refractivity contribution is -0.166. The number of rotatable bonds is 5. The van der Waals surface area contributed by atoms with Crippen LogP contribution < -0.4 is 0 Å². The van der Waals surface area contributed by atoms with Crippen molar-refractivity contribution in [2.75, 3.05) is 7.11 Å². The highest BCUT2D eigenvalue weighted by atomic mass is 16.5. The maximum atomic E-state index is 11.9. The molecule has 0 heterocycles. The number of aliphatic carboxylic acids is 2. The van der Waals surface area contributed by atoms with Crippen LogP contribution in [0.5, 0.6) is 0 Å². The van der Waals surface area contributed by atoms with Crippen molar-refractivity contribution in [3.8, 4) is 11.1 Å². The number of hydrogen-bond donors (Lipinski definition) is 2. The summed E-state index contributed by atoms with van der Waals surface area (Å²) in [5.41, 5.74) is 1.42. The average molecular weight is 368 g/mol. The van der Waals surface area contributed by atoms with Gasteiger partial charge in [-0.1, -0.05) is 48.5 Å². The lowest BCUT2D eigenvalue weighted by Crippen LogP contribution is -2.45. The Morgan fingerprint density at radius 1 is 1.04 bits per heavy atom. The molecular weight excluding hydrogens is 348 g/mol. The van der Waals surface area contributed by atoms with E-state index >= 15 is 0 Å². The highest BCUT2D eigenvalue weighted by molar-refractivity contribution is 5.99. The number of ether oxygens (including phenoxy) is 1. The Balaban J connectivity index is 2.10. The van der Waals surface area contributed by atoms with Crippen LogP contribution in [0.15, 0.2) is 48.5 Å². The topological polar surface area (TPSA) is 101 Å². The number of carboxylic acids is 2. The zero-order valence-electron chi connectivity index (χ0n) is 14.8. The quantitative estimate of drug-likeness (QED) is 0.621. The molecule has 1 atom stereocenters. The van der Waals surface area contributed by atoms with E-state index in [0.717, 1.165) is 16.7 Å². The molecule has 2 aromatic carbocycles. The molecule has 0 aliphatic heterocycles. The van der Waals surface area contributed by atoms with Crippen LogP contribution in [0.3, 0.4) is 0 Å². The van der Waals surface area contributed by atoms with Crippen molar-refractivity contribution in [3.05, 3.63) is 59.7 Å². The van der Waals surface area contributed by atoms with Gasteiger partial charge in [0.15, 0.2) is 5.41 Å². The van der Waals surface area contributed by atoms with Gasteiger partial charge in [-0.15, -0.1) is 0 Å². The van der Waals surface area contributed by atoms with Crippen molar-refractivity contribution in [2.24, 2.45) is 5.41 Å². The highest BCUT2D eigenvalue weighted by Gasteiger charge is 2.51. The third-order valence-electron chi connectivity index (χ3n) is 5.24. The average Bonchev–Trinajstić information content (AvgIpc) is 2.67. The fraction of sp³-hybridized carbons (Fsp3) is 0.286. The van der Waals surface area contributed by atoms with Gasteiger partial charge in [-0.2, -0.15) is 0 Å². The van der Waals surface area contributed by atoms with Gasteiger partial charge in [0.1, 0.15) is 0 Å². The Bertz CT molecular complexity index is 873. The Kier molecular flexibility index (Phi) is 4.99. The minimum Gasteiger partial charge on any atom is -0.480 e. The maximum Gasteiger partial charge on any atom is 0.321 e. The summed E-state index contributed by atoms with van der Waals surface area (Å²) in [5.74, 6) is -3.81. The van der Waals surface area contributed by atoms with Gasteiger partial charge in [0.2, 0.25) is 0 Å². The molecule has 0 aromatic heterocycles. The number of carbonyl (C=O) groups is 3. The Labute approximate surface area is 156 Å². The molecule has 0 bridgehead atoms. The first-order valence-corrected chi connectivity index (χ1v) is 8.59. The molecule has 6 nitrogen and oxygen atoms in total. The van der Waals surface area contributed by atoms with Gasteiger partial charge in [-0.3, -0.25) is 14.4 Å². The predicted octanol–water partition coefficient (Wildman–Crippen LogP) is 3.10. The van der Waals surface area contributed by atoms with Gasteiger partial charge in [-0.25, -0.2) is 0 Å². The molecule has 2 aromatic rings. The van der Waals surface area contributed by atoms with E-state index in [1.807, 2.05) is 42.5 Å². The second-order valence-electron chi connectivity index (χ2n) is 6.83. The van der Waals surface area contributed by atoms with Crippen LogP contribution in [0.2, 0.25) is 0 Å². The summed E-state index contributed by atoms with van der Waals surface area (Å²) >= 11 is 0. The van der Waals surface area contributed by atoms with Crippen LogP contribution in [-0.4, -0.2) is 35.2 Å². The summed E-state index contributed by atoms with van der Waals surface area (Å²) in [4.78, 5) is 35.5. The third kappa shape index (κ3) is 3.43. The van der Waals surface area contributed by atoms with Crippen molar-refractivity contribution in [3.63, 3.8) is 0 Å². The molecule has 0 amide bonds. The summed E-state index contributed by atoms with van der Waals surface area (Å²) in [6, 6.07) is 15.2. The second kappa shape index (κ2) is 7.23. The van der Waals surface area contributed by atoms with E-state index in [0.29, 0.717) is 5.56 Å². The number of carboxylic acid groups (broad SMARTS) is 2. The van der Waals surface area contributed by atoms with Gasteiger partial charge >= 0.3 is 17.9 Å². The number of carbonyl (C=O) groups excluding carboxylic acids is 1. The van der Waals surface area contributed by atoms with Crippen LogP contribution >= 0.6 is 0 Å². The second-order valence-corrected chi connectivity index (χ2v) is 6.83. The van der Waals surface area contributed by atoms with Crippen LogP contribution in [0.1, 0.15) is 29.9 Å². The van der Waals surface area contributed by atoms with E-state index in [2.05, 4.69) is 0 Å². The van der Waals surface area contributed by atoms with Crippen LogP contribution in [0.25, 0.3) is 11.1 Å². The summed E-state index contributed by atoms with van der Waals surface area (Å²) in [6.07, 6.45) is -0.332. The van der Waals surface area contributed by atoms with Crippen molar-refractivity contribution >= 4 is 17.9 Å². The number of esters is 1. The van der Waals surface area contributed by atoms with Gasteiger partial charge in [0.25, 0.3) is 0 Å². The van der Waals surface area contributed by atoms with E-state index in [9.17, 15) is 24.6 Å². The number of hydrogen-bond acceptors (Lipinski definition) is 4. The van der Waals surface area contributed by atoms with E-state index in [4.69, 9.17) is 4.74 Å². The van der Waals surface area contributed by atoms with Crippen LogP contribution in [0.4, 0.5) is 0 Å². The largest absolute Gasteiger partial charge is 0.480 e. The Morgan fingerprint density at radius 3 is 2.30 bits per heavy atom. The molecular formula is C21H20O6. The van der Waals surface area contributed by atoms with Gasteiger partial charge in [-0.05, 0) is 41.0 Å². The lowest BCUT2D eigenvalue weighted by Gasteiger charge is -2.36. The predicted molar refractivity (Wildman–Crippen MR) is 97.3 cm³/mol. The molecule has 6 heteroatoms. The molecule has 0 fully saturated rings. The van der Waals surface area contributed by atoms with Crippen molar-refractivity contribution in [1.82, 2.24) is 0 Å². The monoisotopic (exact) mass is 368 g/mol. The van der Waals surface area contributed by atoms with E-state index < -0.39 is 29.2 Å². The third-order valence-corrected chi connectivity index (χ3v) is 5.24. The first-order chi connectivity index (χ1) is 12.9. The van der Waals surface area contributed by atoms with Crippen molar-refractivity contribution in [1.29, 1.82) is 0 Å². The Morgan fingerprint density at radius 2 is 1.70 bits per heavy atom. The first-order valence-electron chi connectivity index (χ1n) is 8.59. The summed E-state index contributed by atoms with van der Waals surface area (Å²) < 4.78 is 4.74. The van der Waals surface area contributed by atoms with Crippen molar-refractivity contribution < 1.29 is 29.3 Å². The molecule has 0 saturated carbocycles. The summed E-state index contributed by atoms with van der Waals surface area (Å²) in [6.45, 7) is 0. The molecule has 3 rings (SSSR count). The smallest absolute Gasteiger partial charge is 0.321 e. The van der Waals surface area contributed by atoms with E-state index in [-0.39, 0.29) is 19.3 Å². The molecule has 1 aliphatic rings. The summed E-state index contributed by atoms with van der Waals surface area (Å²) in [7, 11) is 1.26. The van der Waals surface area contributed by atoms with Gasteiger partial charge in [0.05, 0.1) is 13.5 Å². The minimum absolute atomic E-state index is 0.0654. The molecule has 1 aliphatic carbocycles. The maximum absolute atomic E-state index is 11.9. The molecule has 0 spiro atoms. The molecule has 0 saturated heterocycles. The van der Waals surface area contributed by atoms with Gasteiger partial charge < -0.3 is 14.9 Å². The van der Waals surface area contributed by atoms with E-state index in [1.165, 1.54) is 7.11 Å². The highest BCUT2D eigenvalue weighted by Crippen LogP contribution is 2.45. The van der Waals surface area contributed by atoms with Crippen molar-refractivity contribution in [2.45, 2.75) is 25.2 Å². The van der Waals surface area contributed by atoms with Crippen LogP contribution in [-0.2, 0) is 25.5 Å². The fourth-order valence-electron chi connectivity index (χ4n) is 3.76. The lowest BCUT2D eigenvalue weighted by atomic mass is 9.65. The molecule has 0 radical (unpaired) electrons. The van der Waals surface area contributed by atoms with Gasteiger partial charge in [0, 0.05) is 0 Å². The molecule has 2 N–H and O–H groups in total. The summed E-state index contributed by atoms with van der Waals surface area (Å²) in [5, 5.41) is 19.3. The molecule has 140 valence electrons. The van der Waals surface area contributed by atoms with Crippen LogP contribution in [0, 0.1) is 5.41 Å². The van der Waals surface area contributed by atoms with E-state index in [1.54, 1.807) is 6.07 Å². The fourth-order valence-corrected chi connectivity index (χ4v) is 3.76. The minimum atomic E-state index is -1.94.